The number of amides is 1. The van der Waals surface area contributed by atoms with Crippen LogP contribution in [0.15, 0.2) is 18.2 Å². The quantitative estimate of drug-likeness (QED) is 0.867. The van der Waals surface area contributed by atoms with Crippen LogP contribution in [0, 0.1) is 0 Å². The Morgan fingerprint density at radius 3 is 2.43 bits per heavy atom. The molecule has 118 valence electrons. The van der Waals surface area contributed by atoms with Gasteiger partial charge in [-0.05, 0) is 50.3 Å². The lowest BCUT2D eigenvalue weighted by Gasteiger charge is -2.26. The summed E-state index contributed by atoms with van der Waals surface area (Å²) in [5, 5.41) is 0. The molecule has 1 aliphatic heterocycles. The first-order valence-corrected chi connectivity index (χ1v) is 7.18. The Labute approximate surface area is 133 Å². The molecule has 2 rings (SSSR count). The zero-order valence-corrected chi connectivity index (χ0v) is 13.8. The highest BCUT2D eigenvalue weighted by atomic mass is 35.5. The fraction of sp³-hybridized carbons (Fsp3) is 0.562. The molecular weight excluding hydrogens is 288 g/mol. The molecule has 4 nitrogen and oxygen atoms in total. The summed E-state index contributed by atoms with van der Waals surface area (Å²) in [5.41, 5.74) is 9.01. The van der Waals surface area contributed by atoms with E-state index in [0.717, 1.165) is 18.4 Å². The molecule has 0 aliphatic carbocycles. The van der Waals surface area contributed by atoms with Crippen LogP contribution in [-0.4, -0.2) is 29.7 Å². The Hall–Kier alpha value is -1.26. The van der Waals surface area contributed by atoms with Gasteiger partial charge < -0.3 is 15.4 Å². The van der Waals surface area contributed by atoms with E-state index in [1.54, 1.807) is 4.90 Å². The third-order valence-corrected chi connectivity index (χ3v) is 3.46. The van der Waals surface area contributed by atoms with Crippen LogP contribution in [-0.2, 0) is 24.1 Å². The van der Waals surface area contributed by atoms with Gasteiger partial charge in [0.1, 0.15) is 5.60 Å². The average molecular weight is 313 g/mol. The van der Waals surface area contributed by atoms with Crippen molar-refractivity contribution in [1.29, 1.82) is 0 Å². The highest BCUT2D eigenvalue weighted by molar-refractivity contribution is 5.85. The number of benzene rings is 1. The minimum Gasteiger partial charge on any atom is -0.444 e. The summed E-state index contributed by atoms with van der Waals surface area (Å²) in [5.74, 6) is 0. The van der Waals surface area contributed by atoms with E-state index in [1.165, 1.54) is 11.1 Å². The first-order chi connectivity index (χ1) is 9.39. The fourth-order valence-electron chi connectivity index (χ4n) is 2.41. The largest absolute Gasteiger partial charge is 0.444 e. The van der Waals surface area contributed by atoms with Crippen molar-refractivity contribution in [3.8, 4) is 0 Å². The number of nitrogens with two attached hydrogens (primary N) is 1. The predicted octanol–water partition coefficient (Wildman–Crippen LogP) is 2.90. The number of carbonyl (C=O) groups is 1. The van der Waals surface area contributed by atoms with Crippen molar-refractivity contribution in [2.75, 3.05) is 13.1 Å². The molecule has 1 aromatic carbocycles. The van der Waals surface area contributed by atoms with Gasteiger partial charge in [0.25, 0.3) is 0 Å². The Morgan fingerprint density at radius 1 is 1.24 bits per heavy atom. The van der Waals surface area contributed by atoms with Gasteiger partial charge in [0, 0.05) is 19.6 Å². The number of hydrogen-bond donors (Lipinski definition) is 1. The summed E-state index contributed by atoms with van der Waals surface area (Å²) in [7, 11) is 0. The molecule has 1 aliphatic rings. The zero-order chi connectivity index (χ0) is 14.8. The molecule has 1 amide bonds. The van der Waals surface area contributed by atoms with Crippen molar-refractivity contribution in [3.05, 3.63) is 34.9 Å². The molecule has 0 unspecified atom stereocenters. The normalized spacial score (nSPS) is 14.8. The number of halogens is 1. The molecule has 1 heterocycles. The summed E-state index contributed by atoms with van der Waals surface area (Å²) < 4.78 is 5.44. The highest BCUT2D eigenvalue weighted by Gasteiger charge is 2.24. The zero-order valence-electron chi connectivity index (χ0n) is 13.0. The standard InChI is InChI=1S/C16H24N2O2.ClH/c1-16(2,3)20-15(19)18-8-6-13-5-4-12(11-17)10-14(13)7-9-18;/h4-5,10H,6-9,11,17H2,1-3H3;1H. The van der Waals surface area contributed by atoms with E-state index in [4.69, 9.17) is 10.5 Å². The van der Waals surface area contributed by atoms with Gasteiger partial charge in [0.05, 0.1) is 0 Å². The maximum Gasteiger partial charge on any atom is 0.410 e. The lowest BCUT2D eigenvalue weighted by atomic mass is 10.0. The van der Waals surface area contributed by atoms with Gasteiger partial charge in [0.2, 0.25) is 0 Å². The van der Waals surface area contributed by atoms with Crippen molar-refractivity contribution in [1.82, 2.24) is 4.90 Å². The van der Waals surface area contributed by atoms with Crippen molar-refractivity contribution in [2.45, 2.75) is 45.8 Å². The van der Waals surface area contributed by atoms with Crippen LogP contribution >= 0.6 is 12.4 Å². The van der Waals surface area contributed by atoms with Crippen molar-refractivity contribution in [2.24, 2.45) is 5.73 Å². The minimum atomic E-state index is -0.442. The van der Waals surface area contributed by atoms with Crippen LogP contribution in [0.2, 0.25) is 0 Å². The molecule has 0 saturated carbocycles. The van der Waals surface area contributed by atoms with Gasteiger partial charge in [-0.2, -0.15) is 0 Å². The average Bonchev–Trinajstić information content (AvgIpc) is 2.58. The summed E-state index contributed by atoms with van der Waals surface area (Å²) in [6.45, 7) is 7.66. The van der Waals surface area contributed by atoms with Gasteiger partial charge in [-0.15, -0.1) is 12.4 Å². The Bertz CT molecular complexity index is 498. The van der Waals surface area contributed by atoms with E-state index in [9.17, 15) is 4.79 Å². The summed E-state index contributed by atoms with van der Waals surface area (Å²) in [4.78, 5) is 13.9. The van der Waals surface area contributed by atoms with E-state index in [1.807, 2.05) is 20.8 Å². The molecule has 5 heteroatoms. The van der Waals surface area contributed by atoms with Crippen LogP contribution in [0.4, 0.5) is 4.79 Å². The van der Waals surface area contributed by atoms with Gasteiger partial charge in [0.15, 0.2) is 0 Å². The molecular formula is C16H25ClN2O2. The number of carbonyl (C=O) groups excluding carboxylic acids is 1. The van der Waals surface area contributed by atoms with E-state index in [2.05, 4.69) is 18.2 Å². The molecule has 0 spiro atoms. The molecule has 0 radical (unpaired) electrons. The molecule has 0 bridgehead atoms. The monoisotopic (exact) mass is 312 g/mol. The van der Waals surface area contributed by atoms with Crippen LogP contribution in [0.5, 0.6) is 0 Å². The molecule has 2 N–H and O–H groups in total. The van der Waals surface area contributed by atoms with Crippen LogP contribution in [0.3, 0.4) is 0 Å². The maximum atomic E-state index is 12.1. The summed E-state index contributed by atoms with van der Waals surface area (Å²) >= 11 is 0. The topological polar surface area (TPSA) is 55.6 Å². The number of rotatable bonds is 1. The molecule has 0 saturated heterocycles. The molecule has 0 aromatic heterocycles. The van der Waals surface area contributed by atoms with Crippen LogP contribution < -0.4 is 5.73 Å². The summed E-state index contributed by atoms with van der Waals surface area (Å²) in [6, 6.07) is 6.37. The first-order valence-electron chi connectivity index (χ1n) is 7.18. The maximum absolute atomic E-state index is 12.1. The third-order valence-electron chi connectivity index (χ3n) is 3.46. The Kier molecular flexibility index (Phi) is 6.05. The van der Waals surface area contributed by atoms with E-state index in [0.29, 0.717) is 19.6 Å². The second-order valence-electron chi connectivity index (χ2n) is 6.27. The van der Waals surface area contributed by atoms with Crippen molar-refractivity contribution >= 4 is 18.5 Å². The number of fused-ring (bicyclic) bond motifs is 1. The van der Waals surface area contributed by atoms with Gasteiger partial charge >= 0.3 is 6.09 Å². The molecule has 0 fully saturated rings. The van der Waals surface area contributed by atoms with Crippen LogP contribution in [0.1, 0.15) is 37.5 Å². The number of ether oxygens (including phenoxy) is 1. The second-order valence-corrected chi connectivity index (χ2v) is 6.27. The lowest BCUT2D eigenvalue weighted by Crippen LogP contribution is -2.38. The van der Waals surface area contributed by atoms with Crippen molar-refractivity contribution < 1.29 is 9.53 Å². The van der Waals surface area contributed by atoms with E-state index >= 15 is 0 Å². The molecule has 0 atom stereocenters. The number of hydrogen-bond acceptors (Lipinski definition) is 3. The smallest absolute Gasteiger partial charge is 0.410 e. The third kappa shape index (κ3) is 4.90. The van der Waals surface area contributed by atoms with Gasteiger partial charge in [-0.25, -0.2) is 4.79 Å². The molecule has 1 aromatic rings. The molecule has 21 heavy (non-hydrogen) atoms. The van der Waals surface area contributed by atoms with E-state index < -0.39 is 5.60 Å². The first kappa shape index (κ1) is 17.8. The fourth-order valence-corrected chi connectivity index (χ4v) is 2.41. The van der Waals surface area contributed by atoms with E-state index in [-0.39, 0.29) is 18.5 Å². The van der Waals surface area contributed by atoms with Gasteiger partial charge in [-0.3, -0.25) is 0 Å². The van der Waals surface area contributed by atoms with Crippen molar-refractivity contribution in [3.63, 3.8) is 0 Å². The predicted molar refractivity (Wildman–Crippen MR) is 86.8 cm³/mol. The highest BCUT2D eigenvalue weighted by Crippen LogP contribution is 2.19. The minimum absolute atomic E-state index is 0. The summed E-state index contributed by atoms with van der Waals surface area (Å²) in [6.07, 6.45) is 1.52. The number of nitrogens with zero attached hydrogens (tertiary/aromatic N) is 1. The SMILES string of the molecule is CC(C)(C)OC(=O)N1CCc2ccc(CN)cc2CC1.Cl. The Balaban J connectivity index is 0.00000220. The van der Waals surface area contributed by atoms with Crippen LogP contribution in [0.25, 0.3) is 0 Å². The Morgan fingerprint density at radius 2 is 1.86 bits per heavy atom. The van der Waals surface area contributed by atoms with Gasteiger partial charge in [-0.1, -0.05) is 18.2 Å². The second kappa shape index (κ2) is 7.14. The lowest BCUT2D eigenvalue weighted by molar-refractivity contribution is 0.0258.